The zero-order chi connectivity index (χ0) is 7.56. The van der Waals surface area contributed by atoms with Crippen LogP contribution in [0.4, 0.5) is 0 Å². The zero-order valence-corrected chi connectivity index (χ0v) is 5.16. The summed E-state index contributed by atoms with van der Waals surface area (Å²) in [6.45, 7) is 0. The number of benzene rings is 1. The van der Waals surface area contributed by atoms with Gasteiger partial charge in [-0.1, -0.05) is 6.07 Å². The molecule has 0 heterocycles. The van der Waals surface area contributed by atoms with Gasteiger partial charge in [-0.15, -0.1) is 0 Å². The summed E-state index contributed by atoms with van der Waals surface area (Å²) in [5.41, 5.74) is 5.03. The Labute approximate surface area is 58.1 Å². The second kappa shape index (κ2) is 2.39. The monoisotopic (exact) mass is 136 g/mol. The second-order valence-electron chi connectivity index (χ2n) is 1.81. The van der Waals surface area contributed by atoms with Gasteiger partial charge in [0.15, 0.2) is 0 Å². The first kappa shape index (κ1) is 6.61. The number of aromatic hydroxyl groups is 1. The van der Waals surface area contributed by atoms with Crippen LogP contribution in [0.2, 0.25) is 0 Å². The maximum Gasteiger partial charge on any atom is 0.252 e. The highest BCUT2D eigenvalue weighted by Gasteiger charge is 2.03. The predicted octanol–water partition coefficient (Wildman–Crippen LogP) is 0.291. The van der Waals surface area contributed by atoms with Crippen LogP contribution >= 0.6 is 0 Å². The number of carbonyl (C=O) groups is 1. The molecule has 51 valence electrons. The Bertz CT molecular complexity index is 258. The summed E-state index contributed by atoms with van der Waals surface area (Å²) in [6, 6.07) is 6.82. The van der Waals surface area contributed by atoms with Crippen molar-refractivity contribution in [1.29, 1.82) is 0 Å². The summed E-state index contributed by atoms with van der Waals surface area (Å²) < 4.78 is 0. The number of phenols is 1. The topological polar surface area (TPSA) is 63.3 Å². The Kier molecular flexibility index (Phi) is 1.58. The molecule has 0 aliphatic carbocycles. The van der Waals surface area contributed by atoms with Gasteiger partial charge in [-0.05, 0) is 18.2 Å². The smallest absolute Gasteiger partial charge is 0.252 e. The number of hydrogen-bond donors (Lipinski definition) is 2. The summed E-state index contributed by atoms with van der Waals surface area (Å²) in [7, 11) is 0. The number of nitrogens with two attached hydrogens (primary N) is 1. The molecule has 3 nitrogen and oxygen atoms in total. The molecule has 0 saturated carbocycles. The first-order valence-electron chi connectivity index (χ1n) is 2.70. The lowest BCUT2D eigenvalue weighted by molar-refractivity contribution is 0.0998. The first-order valence-corrected chi connectivity index (χ1v) is 2.70. The van der Waals surface area contributed by atoms with E-state index >= 15 is 0 Å². The van der Waals surface area contributed by atoms with Gasteiger partial charge >= 0.3 is 0 Å². The highest BCUT2D eigenvalue weighted by molar-refractivity contribution is 5.95. The van der Waals surface area contributed by atoms with Crippen molar-refractivity contribution in [2.45, 2.75) is 0 Å². The minimum atomic E-state index is -0.633. The van der Waals surface area contributed by atoms with Crippen molar-refractivity contribution in [3.05, 3.63) is 29.8 Å². The third-order valence-electron chi connectivity index (χ3n) is 1.11. The molecule has 0 fully saturated rings. The molecule has 0 aliphatic rings. The molecule has 1 aromatic carbocycles. The maximum absolute atomic E-state index is 10.5. The molecule has 0 saturated heterocycles. The number of rotatable bonds is 1. The van der Waals surface area contributed by atoms with Gasteiger partial charge in [0.1, 0.15) is 5.75 Å². The van der Waals surface area contributed by atoms with Gasteiger partial charge in [-0.2, -0.15) is 0 Å². The van der Waals surface area contributed by atoms with Gasteiger partial charge in [0.2, 0.25) is 0 Å². The van der Waals surface area contributed by atoms with Crippen LogP contribution in [-0.4, -0.2) is 11.0 Å². The quantitative estimate of drug-likeness (QED) is 0.582. The summed E-state index contributed by atoms with van der Waals surface area (Å²) >= 11 is 0. The van der Waals surface area contributed by atoms with Crippen LogP contribution in [0, 0.1) is 6.07 Å². The van der Waals surface area contributed by atoms with E-state index in [1.54, 1.807) is 0 Å². The van der Waals surface area contributed by atoms with Crippen molar-refractivity contribution in [2.75, 3.05) is 0 Å². The Hall–Kier alpha value is -1.51. The van der Waals surface area contributed by atoms with E-state index in [1.807, 2.05) is 0 Å². The molecule has 0 spiro atoms. The normalized spacial score (nSPS) is 9.20. The molecule has 0 bridgehead atoms. The van der Waals surface area contributed by atoms with Crippen LogP contribution in [0.25, 0.3) is 0 Å². The van der Waals surface area contributed by atoms with Crippen molar-refractivity contribution >= 4 is 5.91 Å². The van der Waals surface area contributed by atoms with E-state index in [-0.39, 0.29) is 11.3 Å². The molecule has 10 heavy (non-hydrogen) atoms. The van der Waals surface area contributed by atoms with Crippen molar-refractivity contribution in [3.63, 3.8) is 0 Å². The second-order valence-corrected chi connectivity index (χ2v) is 1.81. The largest absolute Gasteiger partial charge is 0.507 e. The third-order valence-corrected chi connectivity index (χ3v) is 1.11. The van der Waals surface area contributed by atoms with Crippen LogP contribution in [0.3, 0.4) is 0 Å². The molecule has 1 aromatic rings. The minimum absolute atomic E-state index is 0.124. The molecule has 0 unspecified atom stereocenters. The third kappa shape index (κ3) is 1.07. The standard InChI is InChI=1S/C7H6NO2/c8-7(10)5-3-1-2-4-6(5)9/h1,3-4,9H,(H2,8,10). The molecule has 1 amide bonds. The van der Waals surface area contributed by atoms with Gasteiger partial charge in [0.05, 0.1) is 5.56 Å². The van der Waals surface area contributed by atoms with Crippen molar-refractivity contribution in [1.82, 2.24) is 0 Å². The molecule has 0 aliphatic heterocycles. The average Bonchev–Trinajstić information content (AvgIpc) is 1.88. The van der Waals surface area contributed by atoms with Gasteiger partial charge in [-0.3, -0.25) is 4.79 Å². The Morgan fingerprint density at radius 3 is 2.80 bits per heavy atom. The average molecular weight is 136 g/mol. The lowest BCUT2D eigenvalue weighted by atomic mass is 10.2. The Morgan fingerprint density at radius 1 is 1.70 bits per heavy atom. The van der Waals surface area contributed by atoms with Crippen molar-refractivity contribution in [2.24, 2.45) is 5.73 Å². The zero-order valence-electron chi connectivity index (χ0n) is 5.16. The molecular weight excluding hydrogens is 130 g/mol. The first-order chi connectivity index (χ1) is 4.72. The van der Waals surface area contributed by atoms with E-state index in [2.05, 4.69) is 6.07 Å². The summed E-state index contributed by atoms with van der Waals surface area (Å²) in [5.74, 6) is -0.762. The molecule has 1 rings (SSSR count). The van der Waals surface area contributed by atoms with Crippen LogP contribution in [0.1, 0.15) is 10.4 Å². The fourth-order valence-corrected chi connectivity index (χ4v) is 0.630. The van der Waals surface area contributed by atoms with E-state index in [0.717, 1.165) is 0 Å². The maximum atomic E-state index is 10.5. The van der Waals surface area contributed by atoms with Crippen molar-refractivity contribution in [3.8, 4) is 5.75 Å². The summed E-state index contributed by atoms with van der Waals surface area (Å²) in [6.07, 6.45) is 0. The van der Waals surface area contributed by atoms with Crippen LogP contribution in [-0.2, 0) is 0 Å². The molecule has 0 aromatic heterocycles. The number of hydrogen-bond acceptors (Lipinski definition) is 2. The van der Waals surface area contributed by atoms with E-state index in [1.165, 1.54) is 18.2 Å². The van der Waals surface area contributed by atoms with E-state index in [0.29, 0.717) is 0 Å². The van der Waals surface area contributed by atoms with Crippen LogP contribution in [0.15, 0.2) is 18.2 Å². The van der Waals surface area contributed by atoms with E-state index in [4.69, 9.17) is 10.8 Å². The fraction of sp³-hybridized carbons (Fsp3) is 0. The highest BCUT2D eigenvalue weighted by atomic mass is 16.3. The molecule has 3 N–H and O–H groups in total. The summed E-state index contributed by atoms with van der Waals surface area (Å²) in [4.78, 5) is 10.5. The van der Waals surface area contributed by atoms with Gasteiger partial charge in [0, 0.05) is 0 Å². The molecular formula is C7H6NO2. The van der Waals surface area contributed by atoms with Crippen LogP contribution in [0.5, 0.6) is 5.75 Å². The number of carbonyl (C=O) groups excluding carboxylic acids is 1. The molecule has 0 atom stereocenters. The van der Waals surface area contributed by atoms with E-state index < -0.39 is 5.91 Å². The lowest BCUT2D eigenvalue weighted by Gasteiger charge is -1.95. The Balaban J connectivity index is 3.15. The Morgan fingerprint density at radius 2 is 2.40 bits per heavy atom. The molecule has 1 radical (unpaired) electrons. The van der Waals surface area contributed by atoms with E-state index in [9.17, 15) is 4.79 Å². The van der Waals surface area contributed by atoms with Gasteiger partial charge in [0.25, 0.3) is 5.91 Å². The lowest BCUT2D eigenvalue weighted by Crippen LogP contribution is -2.10. The highest BCUT2D eigenvalue weighted by Crippen LogP contribution is 2.13. The van der Waals surface area contributed by atoms with Crippen molar-refractivity contribution < 1.29 is 9.90 Å². The fourth-order valence-electron chi connectivity index (χ4n) is 0.630. The SMILES string of the molecule is NC(=O)c1cc[c]cc1O. The van der Waals surface area contributed by atoms with Gasteiger partial charge in [-0.25, -0.2) is 0 Å². The number of primary amides is 1. The summed E-state index contributed by atoms with van der Waals surface area (Å²) in [5, 5.41) is 8.95. The minimum Gasteiger partial charge on any atom is -0.507 e. The molecule has 3 heteroatoms. The number of amides is 1. The predicted molar refractivity (Wildman–Crippen MR) is 35.5 cm³/mol. The van der Waals surface area contributed by atoms with Crippen LogP contribution < -0.4 is 5.73 Å². The van der Waals surface area contributed by atoms with Gasteiger partial charge < -0.3 is 10.8 Å².